The predicted octanol–water partition coefficient (Wildman–Crippen LogP) is 5.05. The third kappa shape index (κ3) is 6.00. The number of nitrogens with zero attached hydrogens (tertiary/aromatic N) is 5. The molecule has 10 heteroatoms. The van der Waals surface area contributed by atoms with Crippen LogP contribution in [-0.2, 0) is 12.6 Å². The highest BCUT2D eigenvalue weighted by atomic mass is 19.4. The van der Waals surface area contributed by atoms with Gasteiger partial charge >= 0.3 is 6.18 Å². The molecule has 3 heterocycles. The quantitative estimate of drug-likeness (QED) is 0.406. The number of aryl methyl sites for hydroxylation is 1. The highest BCUT2D eigenvalue weighted by Gasteiger charge is 2.32. The van der Waals surface area contributed by atoms with E-state index in [2.05, 4.69) is 35.6 Å². The van der Waals surface area contributed by atoms with Crippen molar-refractivity contribution in [2.45, 2.75) is 19.5 Å². The molecular formula is C23H20F3N7. The zero-order chi connectivity index (χ0) is 23.3. The summed E-state index contributed by atoms with van der Waals surface area (Å²) >= 11 is 0. The third-order valence-corrected chi connectivity index (χ3v) is 4.68. The molecule has 1 aromatic carbocycles. The molecule has 2 N–H and O–H groups in total. The van der Waals surface area contributed by atoms with E-state index in [9.17, 15) is 13.2 Å². The van der Waals surface area contributed by atoms with E-state index in [1.165, 1.54) is 0 Å². The van der Waals surface area contributed by atoms with E-state index in [0.29, 0.717) is 12.2 Å². The smallest absolute Gasteiger partial charge is 0.370 e. The summed E-state index contributed by atoms with van der Waals surface area (Å²) in [5.41, 5.74) is 3.13. The van der Waals surface area contributed by atoms with Crippen LogP contribution >= 0.6 is 0 Å². The molecule has 168 valence electrons. The first-order valence-electron chi connectivity index (χ1n) is 10.1. The van der Waals surface area contributed by atoms with Crippen LogP contribution in [0.1, 0.15) is 17.0 Å². The molecule has 7 nitrogen and oxygen atoms in total. The van der Waals surface area contributed by atoms with Crippen molar-refractivity contribution in [2.24, 2.45) is 0 Å². The van der Waals surface area contributed by atoms with Gasteiger partial charge in [0.25, 0.3) is 0 Å². The van der Waals surface area contributed by atoms with Gasteiger partial charge < -0.3 is 10.6 Å². The Morgan fingerprint density at radius 3 is 2.48 bits per heavy atom. The second kappa shape index (κ2) is 9.60. The third-order valence-electron chi connectivity index (χ3n) is 4.68. The number of anilines is 3. The molecule has 0 aliphatic carbocycles. The fourth-order valence-electron chi connectivity index (χ4n) is 3.17. The van der Waals surface area contributed by atoms with Gasteiger partial charge in [0.1, 0.15) is 11.5 Å². The van der Waals surface area contributed by atoms with Crippen molar-refractivity contribution in [3.63, 3.8) is 0 Å². The SMILES string of the molecule is Cc1cc(Nc2nccc(C(F)(F)F)n2)cc(-c2ccc(NCCc3cnccn3)nc2)c1. The fraction of sp³-hybridized carbons (Fsp3) is 0.174. The summed E-state index contributed by atoms with van der Waals surface area (Å²) in [7, 11) is 0. The number of nitrogens with one attached hydrogen (secondary N) is 2. The Morgan fingerprint density at radius 2 is 1.76 bits per heavy atom. The van der Waals surface area contributed by atoms with Gasteiger partial charge in [-0.2, -0.15) is 13.2 Å². The minimum absolute atomic E-state index is 0.123. The second-order valence-electron chi connectivity index (χ2n) is 7.28. The number of rotatable bonds is 7. The minimum Gasteiger partial charge on any atom is -0.370 e. The maximum Gasteiger partial charge on any atom is 0.433 e. The van der Waals surface area contributed by atoms with Gasteiger partial charge in [0.15, 0.2) is 0 Å². The zero-order valence-corrected chi connectivity index (χ0v) is 17.6. The van der Waals surface area contributed by atoms with Crippen LogP contribution in [0.25, 0.3) is 11.1 Å². The lowest BCUT2D eigenvalue weighted by atomic mass is 10.0. The lowest BCUT2D eigenvalue weighted by molar-refractivity contribution is -0.141. The number of hydrogen-bond acceptors (Lipinski definition) is 7. The molecule has 3 aromatic heterocycles. The predicted molar refractivity (Wildman–Crippen MR) is 119 cm³/mol. The Hall–Kier alpha value is -4.08. The second-order valence-corrected chi connectivity index (χ2v) is 7.28. The van der Waals surface area contributed by atoms with E-state index in [1.54, 1.807) is 24.8 Å². The molecule has 0 radical (unpaired) electrons. The highest BCUT2D eigenvalue weighted by molar-refractivity contribution is 5.71. The molecule has 0 unspecified atom stereocenters. The van der Waals surface area contributed by atoms with Crippen LogP contribution < -0.4 is 10.6 Å². The molecule has 0 bridgehead atoms. The zero-order valence-electron chi connectivity index (χ0n) is 17.6. The number of halogens is 3. The van der Waals surface area contributed by atoms with Crippen LogP contribution in [0.4, 0.5) is 30.6 Å². The Balaban J connectivity index is 1.45. The number of alkyl halides is 3. The Kier molecular flexibility index (Phi) is 6.43. The Bertz CT molecular complexity index is 1210. The molecule has 33 heavy (non-hydrogen) atoms. The lowest BCUT2D eigenvalue weighted by Crippen LogP contribution is -2.10. The van der Waals surface area contributed by atoms with Crippen LogP contribution in [0, 0.1) is 6.92 Å². The first kappa shape index (κ1) is 22.1. The standard InChI is InChI=1S/C23H20F3N7/c1-15-10-17(12-19(11-15)32-22-30-7-5-20(33-22)23(24,25)26)16-2-3-21(31-13-16)29-6-4-18-14-27-8-9-28-18/h2-3,5,7-14H,4,6H2,1H3,(H,29,31)(H,30,32,33). The average Bonchev–Trinajstić information content (AvgIpc) is 2.79. The van der Waals surface area contributed by atoms with E-state index >= 15 is 0 Å². The summed E-state index contributed by atoms with van der Waals surface area (Å²) in [5, 5.41) is 6.10. The Labute approximate surface area is 188 Å². The maximum absolute atomic E-state index is 12.9. The molecule has 0 saturated heterocycles. The number of aromatic nitrogens is 5. The summed E-state index contributed by atoms with van der Waals surface area (Å²) < 4.78 is 38.8. The van der Waals surface area contributed by atoms with Gasteiger partial charge in [0.05, 0.1) is 5.69 Å². The molecule has 0 fully saturated rings. The maximum atomic E-state index is 12.9. The van der Waals surface area contributed by atoms with E-state index in [4.69, 9.17) is 0 Å². The number of pyridine rings is 1. The van der Waals surface area contributed by atoms with Crippen molar-refractivity contribution in [1.29, 1.82) is 0 Å². The topological polar surface area (TPSA) is 88.5 Å². The summed E-state index contributed by atoms with van der Waals surface area (Å²) in [4.78, 5) is 20.2. The van der Waals surface area contributed by atoms with E-state index in [1.807, 2.05) is 37.3 Å². The van der Waals surface area contributed by atoms with Gasteiger partial charge in [-0.1, -0.05) is 6.07 Å². The molecule has 0 amide bonds. The largest absolute Gasteiger partial charge is 0.433 e. The fourth-order valence-corrected chi connectivity index (χ4v) is 3.17. The van der Waals surface area contributed by atoms with Crippen LogP contribution in [0.15, 0.2) is 67.4 Å². The van der Waals surface area contributed by atoms with Crippen molar-refractivity contribution in [1.82, 2.24) is 24.9 Å². The summed E-state index contributed by atoms with van der Waals surface area (Å²) in [6.07, 6.45) is 4.03. The summed E-state index contributed by atoms with van der Waals surface area (Å²) in [6.45, 7) is 2.57. The summed E-state index contributed by atoms with van der Waals surface area (Å²) in [5.74, 6) is 0.605. The van der Waals surface area contributed by atoms with Crippen molar-refractivity contribution in [3.05, 3.63) is 84.3 Å². The van der Waals surface area contributed by atoms with Crippen molar-refractivity contribution >= 4 is 17.5 Å². The first-order chi connectivity index (χ1) is 15.9. The van der Waals surface area contributed by atoms with Gasteiger partial charge in [0, 0.05) is 55.2 Å². The molecular weight excluding hydrogens is 431 g/mol. The van der Waals surface area contributed by atoms with Crippen molar-refractivity contribution in [3.8, 4) is 11.1 Å². The van der Waals surface area contributed by atoms with Gasteiger partial charge in [-0.3, -0.25) is 9.97 Å². The normalized spacial score (nSPS) is 11.3. The highest BCUT2D eigenvalue weighted by Crippen LogP contribution is 2.29. The lowest BCUT2D eigenvalue weighted by Gasteiger charge is -2.11. The molecule has 4 rings (SSSR count). The number of benzene rings is 1. The van der Waals surface area contributed by atoms with Gasteiger partial charge in [-0.05, 0) is 48.4 Å². The molecule has 4 aromatic rings. The first-order valence-corrected chi connectivity index (χ1v) is 10.1. The average molecular weight is 451 g/mol. The molecule has 0 spiro atoms. The molecule has 0 saturated carbocycles. The van der Waals surface area contributed by atoms with Crippen LogP contribution in [0.2, 0.25) is 0 Å². The number of hydrogen-bond donors (Lipinski definition) is 2. The van der Waals surface area contributed by atoms with Crippen LogP contribution in [0.3, 0.4) is 0 Å². The van der Waals surface area contributed by atoms with Crippen LogP contribution in [0.5, 0.6) is 0 Å². The molecule has 0 aliphatic rings. The summed E-state index contributed by atoms with van der Waals surface area (Å²) in [6, 6.07) is 10.2. The Morgan fingerprint density at radius 1 is 0.879 bits per heavy atom. The minimum atomic E-state index is -4.53. The van der Waals surface area contributed by atoms with Crippen LogP contribution in [-0.4, -0.2) is 31.5 Å². The van der Waals surface area contributed by atoms with Crippen molar-refractivity contribution in [2.75, 3.05) is 17.2 Å². The van der Waals surface area contributed by atoms with Crippen molar-refractivity contribution < 1.29 is 13.2 Å². The molecule has 0 aliphatic heterocycles. The van der Waals surface area contributed by atoms with E-state index in [-0.39, 0.29) is 5.95 Å². The van der Waals surface area contributed by atoms with E-state index < -0.39 is 11.9 Å². The van der Waals surface area contributed by atoms with Gasteiger partial charge in [0.2, 0.25) is 5.95 Å². The molecule has 0 atom stereocenters. The van der Waals surface area contributed by atoms with Gasteiger partial charge in [-0.15, -0.1) is 0 Å². The monoisotopic (exact) mass is 451 g/mol. The van der Waals surface area contributed by atoms with Gasteiger partial charge in [-0.25, -0.2) is 15.0 Å². The van der Waals surface area contributed by atoms with E-state index in [0.717, 1.165) is 46.9 Å².